The van der Waals surface area contributed by atoms with Crippen LogP contribution >= 0.6 is 0 Å². The van der Waals surface area contributed by atoms with Crippen molar-refractivity contribution in [3.63, 3.8) is 0 Å². The second-order valence-electron chi connectivity index (χ2n) is 12.4. The van der Waals surface area contributed by atoms with Crippen LogP contribution < -0.4 is 14.4 Å². The highest BCUT2D eigenvalue weighted by Gasteiger charge is 2.35. The number of ether oxygens (including phenoxy) is 2. The normalized spacial score (nSPS) is 13.6. The molecule has 0 bridgehead atoms. The second kappa shape index (κ2) is 14.3. The van der Waals surface area contributed by atoms with Crippen molar-refractivity contribution in [2.75, 3.05) is 4.90 Å². The molecular weight excluding hydrogens is 502 g/mol. The Kier molecular flexibility index (Phi) is 10.3. The Morgan fingerprint density at radius 3 is 1.49 bits per heavy atom. The minimum atomic E-state index is 0.443. The maximum atomic E-state index is 6.67. The van der Waals surface area contributed by atoms with E-state index in [0.717, 1.165) is 59.3 Å². The smallest absolute Gasteiger partial charge is 0.155 e. The maximum Gasteiger partial charge on any atom is 0.155 e. The van der Waals surface area contributed by atoms with Crippen LogP contribution in [0.15, 0.2) is 48.5 Å². The standard InChI is InChI=1S/C38H51NO2/c1-5-8-10-12-14-16-18-29-20-22-32-34(24-29)40-36-26-31(28(4)7-3)27-37-38(36)39(32)33-23-21-30(25-35(33)41-37)19-17-15-13-11-9-6-2/h20-28H,5-19H2,1-4H3. The van der Waals surface area contributed by atoms with Gasteiger partial charge in [0, 0.05) is 0 Å². The summed E-state index contributed by atoms with van der Waals surface area (Å²) in [5.41, 5.74) is 7.25. The van der Waals surface area contributed by atoms with Crippen molar-refractivity contribution in [3.05, 3.63) is 65.2 Å². The Bertz CT molecular complexity index is 1200. The van der Waals surface area contributed by atoms with Gasteiger partial charge in [0.1, 0.15) is 5.69 Å². The van der Waals surface area contributed by atoms with Gasteiger partial charge in [-0.25, -0.2) is 0 Å². The third-order valence-electron chi connectivity index (χ3n) is 9.08. The van der Waals surface area contributed by atoms with Crippen LogP contribution in [0.2, 0.25) is 0 Å². The van der Waals surface area contributed by atoms with E-state index in [2.05, 4.69) is 81.1 Å². The number of unbranched alkanes of at least 4 members (excludes halogenated alkanes) is 10. The molecule has 0 saturated heterocycles. The van der Waals surface area contributed by atoms with Crippen molar-refractivity contribution in [3.8, 4) is 23.0 Å². The lowest BCUT2D eigenvalue weighted by Gasteiger charge is -2.38. The average Bonchev–Trinajstić information content (AvgIpc) is 2.99. The molecule has 1 atom stereocenters. The summed E-state index contributed by atoms with van der Waals surface area (Å²) >= 11 is 0. The molecule has 3 aromatic carbocycles. The molecule has 0 amide bonds. The number of rotatable bonds is 16. The molecule has 0 fully saturated rings. The van der Waals surface area contributed by atoms with Gasteiger partial charge in [0.15, 0.2) is 23.0 Å². The molecule has 0 radical (unpaired) electrons. The molecule has 2 aliphatic rings. The van der Waals surface area contributed by atoms with E-state index in [-0.39, 0.29) is 0 Å². The van der Waals surface area contributed by atoms with Gasteiger partial charge in [-0.15, -0.1) is 0 Å². The number of fused-ring (bicyclic) bond motifs is 4. The molecule has 0 aromatic heterocycles. The number of nitrogens with zero attached hydrogens (tertiary/aromatic N) is 1. The topological polar surface area (TPSA) is 21.7 Å². The highest BCUT2D eigenvalue weighted by molar-refractivity contribution is 5.94. The van der Waals surface area contributed by atoms with Gasteiger partial charge in [0.25, 0.3) is 0 Å². The van der Waals surface area contributed by atoms with Crippen LogP contribution in [0.3, 0.4) is 0 Å². The van der Waals surface area contributed by atoms with Crippen LogP contribution in [-0.2, 0) is 12.8 Å². The molecule has 220 valence electrons. The minimum Gasteiger partial charge on any atom is -0.453 e. The fourth-order valence-electron chi connectivity index (χ4n) is 6.29. The van der Waals surface area contributed by atoms with E-state index in [0.29, 0.717) is 5.92 Å². The first kappa shape index (κ1) is 29.5. The SMILES string of the molecule is CCCCCCCCc1ccc2c(c1)Oc1cc(C(C)CC)cc3c1N2c1ccc(CCCCCCCC)cc1O3. The van der Waals surface area contributed by atoms with Gasteiger partial charge in [-0.2, -0.15) is 0 Å². The largest absolute Gasteiger partial charge is 0.453 e. The molecule has 1 unspecified atom stereocenters. The van der Waals surface area contributed by atoms with Crippen molar-refractivity contribution in [1.29, 1.82) is 0 Å². The van der Waals surface area contributed by atoms with Crippen LogP contribution in [0.4, 0.5) is 17.1 Å². The number of hydrogen-bond acceptors (Lipinski definition) is 3. The second-order valence-corrected chi connectivity index (χ2v) is 12.4. The summed E-state index contributed by atoms with van der Waals surface area (Å²) in [5.74, 6) is 4.17. The Labute approximate surface area is 249 Å². The van der Waals surface area contributed by atoms with Crippen molar-refractivity contribution < 1.29 is 9.47 Å². The molecule has 0 aliphatic carbocycles. The number of aryl methyl sites for hydroxylation is 2. The molecule has 2 heterocycles. The predicted molar refractivity (Wildman–Crippen MR) is 174 cm³/mol. The zero-order valence-corrected chi connectivity index (χ0v) is 26.1. The average molecular weight is 554 g/mol. The van der Waals surface area contributed by atoms with Gasteiger partial charge in [-0.05, 0) is 91.1 Å². The molecule has 0 N–H and O–H groups in total. The van der Waals surface area contributed by atoms with Crippen LogP contribution in [0.5, 0.6) is 23.0 Å². The Morgan fingerprint density at radius 2 is 1.02 bits per heavy atom. The third kappa shape index (κ3) is 6.93. The fourth-order valence-corrected chi connectivity index (χ4v) is 6.29. The summed E-state index contributed by atoms with van der Waals surface area (Å²) in [4.78, 5) is 2.38. The zero-order chi connectivity index (χ0) is 28.6. The molecule has 3 aromatic rings. The van der Waals surface area contributed by atoms with Gasteiger partial charge in [-0.1, -0.05) is 104 Å². The molecule has 3 heteroatoms. The van der Waals surface area contributed by atoms with E-state index in [1.54, 1.807) is 0 Å². The highest BCUT2D eigenvalue weighted by atomic mass is 16.5. The van der Waals surface area contributed by atoms with E-state index >= 15 is 0 Å². The van der Waals surface area contributed by atoms with Gasteiger partial charge in [-0.3, -0.25) is 4.90 Å². The quantitative estimate of drug-likeness (QED) is 0.113. The zero-order valence-electron chi connectivity index (χ0n) is 26.1. The first-order valence-electron chi connectivity index (χ1n) is 16.7. The summed E-state index contributed by atoms with van der Waals surface area (Å²) < 4.78 is 13.3. The van der Waals surface area contributed by atoms with Gasteiger partial charge in [0.05, 0.1) is 11.4 Å². The number of benzene rings is 3. The van der Waals surface area contributed by atoms with Crippen LogP contribution in [0, 0.1) is 0 Å². The van der Waals surface area contributed by atoms with Gasteiger partial charge < -0.3 is 9.47 Å². The summed E-state index contributed by atoms with van der Waals surface area (Å²) in [7, 11) is 0. The first-order chi connectivity index (χ1) is 20.1. The highest BCUT2D eigenvalue weighted by Crippen LogP contribution is 2.60. The Hall–Kier alpha value is -2.94. The molecule has 0 spiro atoms. The summed E-state index contributed by atoms with van der Waals surface area (Å²) in [5, 5.41) is 0. The monoisotopic (exact) mass is 553 g/mol. The Morgan fingerprint density at radius 1 is 0.561 bits per heavy atom. The van der Waals surface area contributed by atoms with Crippen molar-refractivity contribution >= 4 is 17.1 Å². The summed E-state index contributed by atoms with van der Waals surface area (Å²) in [6, 6.07) is 18.2. The van der Waals surface area contributed by atoms with Crippen molar-refractivity contribution in [1.82, 2.24) is 0 Å². The van der Waals surface area contributed by atoms with Crippen molar-refractivity contribution in [2.24, 2.45) is 0 Å². The van der Waals surface area contributed by atoms with E-state index in [1.165, 1.54) is 93.7 Å². The lowest BCUT2D eigenvalue weighted by atomic mass is 9.95. The van der Waals surface area contributed by atoms with E-state index in [9.17, 15) is 0 Å². The van der Waals surface area contributed by atoms with Crippen LogP contribution in [0.1, 0.15) is 134 Å². The molecular formula is C38H51NO2. The first-order valence-corrected chi connectivity index (χ1v) is 16.7. The van der Waals surface area contributed by atoms with E-state index in [4.69, 9.17) is 9.47 Å². The lowest BCUT2D eigenvalue weighted by Crippen LogP contribution is -2.21. The van der Waals surface area contributed by atoms with Gasteiger partial charge >= 0.3 is 0 Å². The predicted octanol–water partition coefficient (Wildman–Crippen LogP) is 12.7. The fraction of sp³-hybridized carbons (Fsp3) is 0.526. The summed E-state index contributed by atoms with van der Waals surface area (Å²) in [6.45, 7) is 9.10. The summed E-state index contributed by atoms with van der Waals surface area (Å²) in [6.07, 6.45) is 19.1. The van der Waals surface area contributed by atoms with Gasteiger partial charge in [0.2, 0.25) is 0 Å². The Balaban J connectivity index is 1.41. The maximum absolute atomic E-state index is 6.67. The lowest BCUT2D eigenvalue weighted by molar-refractivity contribution is 0.443. The molecule has 2 aliphatic heterocycles. The third-order valence-corrected chi connectivity index (χ3v) is 9.08. The minimum absolute atomic E-state index is 0.443. The van der Waals surface area contributed by atoms with Crippen LogP contribution in [-0.4, -0.2) is 0 Å². The van der Waals surface area contributed by atoms with Crippen molar-refractivity contribution in [2.45, 2.75) is 130 Å². The van der Waals surface area contributed by atoms with Crippen LogP contribution in [0.25, 0.3) is 0 Å². The molecule has 41 heavy (non-hydrogen) atoms. The van der Waals surface area contributed by atoms with E-state index < -0.39 is 0 Å². The molecule has 3 nitrogen and oxygen atoms in total. The molecule has 0 saturated carbocycles. The number of anilines is 3. The van der Waals surface area contributed by atoms with E-state index in [1.807, 2.05) is 0 Å². The number of hydrogen-bond donors (Lipinski definition) is 0. The molecule has 5 rings (SSSR count).